The Balaban J connectivity index is 0.899. The molecule has 0 aromatic heterocycles. The van der Waals surface area contributed by atoms with Gasteiger partial charge < -0.3 is 58.7 Å². The molecule has 0 amide bonds. The van der Waals surface area contributed by atoms with Crippen LogP contribution in [0.25, 0.3) is 0 Å². The summed E-state index contributed by atoms with van der Waals surface area (Å²) in [6, 6.07) is 0. The van der Waals surface area contributed by atoms with Crippen molar-refractivity contribution in [3.05, 3.63) is 11.6 Å². The number of hydrogen-bond acceptors (Lipinski definition) is 12. The molecule has 0 aliphatic carbocycles. The van der Waals surface area contributed by atoms with E-state index in [4.69, 9.17) is 33.2 Å². The van der Waals surface area contributed by atoms with Crippen LogP contribution in [0.15, 0.2) is 11.6 Å². The fraction of sp³-hybridized carbons (Fsp3) is 0.933. The van der Waals surface area contributed by atoms with Gasteiger partial charge in [-0.15, -0.1) is 0 Å². The Kier molecular flexibility index (Phi) is 13.5. The van der Waals surface area contributed by atoms with Crippen LogP contribution in [0, 0.1) is 29.6 Å². The minimum atomic E-state index is -1.95. The topological polar surface area (TPSA) is 183 Å². The number of aliphatic hydroxyl groups excluding tert-OH is 3. The minimum absolute atomic E-state index is 0.0204. The van der Waals surface area contributed by atoms with Crippen molar-refractivity contribution < 1.29 is 63.5 Å². The number of ether oxygens (including phenoxy) is 7. The van der Waals surface area contributed by atoms with E-state index in [-0.39, 0.29) is 48.6 Å². The lowest BCUT2D eigenvalue weighted by atomic mass is 9.77. The van der Waals surface area contributed by atoms with E-state index in [0.717, 1.165) is 63.5 Å². The number of carboxylic acid groups (broad SMARTS) is 1. The second kappa shape index (κ2) is 17.5. The Morgan fingerprint density at radius 1 is 0.914 bits per heavy atom. The summed E-state index contributed by atoms with van der Waals surface area (Å²) in [6.07, 6.45) is 7.59. The fourth-order valence-electron chi connectivity index (χ4n) is 11.5. The van der Waals surface area contributed by atoms with Crippen LogP contribution in [-0.4, -0.2) is 122 Å². The first-order valence-corrected chi connectivity index (χ1v) is 22.7. The average molecular weight is 823 g/mol. The maximum atomic E-state index is 11.7. The Morgan fingerprint density at radius 2 is 1.67 bits per heavy atom. The van der Waals surface area contributed by atoms with E-state index in [2.05, 4.69) is 27.7 Å². The third-order valence-electron chi connectivity index (χ3n) is 15.3. The molecule has 3 spiro atoms. The largest absolute Gasteiger partial charge is 0.479 e. The van der Waals surface area contributed by atoms with Crippen molar-refractivity contribution in [3.63, 3.8) is 0 Å². The first-order chi connectivity index (χ1) is 27.3. The van der Waals surface area contributed by atoms with Gasteiger partial charge in [-0.1, -0.05) is 40.2 Å². The van der Waals surface area contributed by atoms with Gasteiger partial charge >= 0.3 is 5.97 Å². The van der Waals surface area contributed by atoms with Gasteiger partial charge in [0.15, 0.2) is 17.2 Å². The van der Waals surface area contributed by atoms with E-state index in [0.29, 0.717) is 50.4 Å². The molecule has 0 aromatic carbocycles. The highest BCUT2D eigenvalue weighted by atomic mass is 16.7. The van der Waals surface area contributed by atoms with Gasteiger partial charge in [0.05, 0.1) is 55.4 Å². The number of hydrogen-bond donors (Lipinski definition) is 5. The quantitative estimate of drug-likeness (QED) is 0.159. The molecule has 7 rings (SSSR count). The maximum Gasteiger partial charge on any atom is 0.335 e. The van der Waals surface area contributed by atoms with E-state index in [9.17, 15) is 30.3 Å². The van der Waals surface area contributed by atoms with Gasteiger partial charge in [-0.05, 0) is 108 Å². The molecule has 0 saturated carbocycles. The first-order valence-electron chi connectivity index (χ1n) is 22.7. The number of fused-ring (bicyclic) bond motifs is 1. The molecule has 19 atom stereocenters. The predicted octanol–water partition coefficient (Wildman–Crippen LogP) is 5.76. The Hall–Kier alpha value is -1.23. The van der Waals surface area contributed by atoms with Crippen LogP contribution < -0.4 is 0 Å². The molecule has 7 aliphatic rings. The van der Waals surface area contributed by atoms with Crippen LogP contribution in [0.5, 0.6) is 0 Å². The van der Waals surface area contributed by atoms with Gasteiger partial charge in [0.2, 0.25) is 5.79 Å². The molecule has 5 N–H and O–H groups in total. The predicted molar refractivity (Wildman–Crippen MR) is 212 cm³/mol. The molecular formula is C45H74O13. The highest BCUT2D eigenvalue weighted by Crippen LogP contribution is 2.49. The Labute approximate surface area is 345 Å². The average Bonchev–Trinajstić information content (AvgIpc) is 3.57. The first kappa shape index (κ1) is 44.8. The molecule has 7 aliphatic heterocycles. The van der Waals surface area contributed by atoms with Crippen molar-refractivity contribution in [2.45, 2.75) is 229 Å². The van der Waals surface area contributed by atoms with Gasteiger partial charge in [-0.3, -0.25) is 0 Å². The van der Waals surface area contributed by atoms with Crippen LogP contribution in [0.4, 0.5) is 0 Å². The second-order valence-corrected chi connectivity index (χ2v) is 20.1. The molecule has 0 radical (unpaired) electrons. The summed E-state index contributed by atoms with van der Waals surface area (Å²) in [6.45, 7) is 14.7. The molecule has 13 nitrogen and oxygen atoms in total. The van der Waals surface area contributed by atoms with E-state index >= 15 is 0 Å². The molecule has 13 heteroatoms. The van der Waals surface area contributed by atoms with Gasteiger partial charge in [0.1, 0.15) is 12.2 Å². The SMILES string of the molecule is CC1=C[C@@]2(O[C@H](C[C@@](C)(O)C(=O)O)CC[C@H]2O)O[C@H]([C@H](C)CC[C@H]2CC[C@@]3(CC[C@H]4O[C@H]([C@@H](O)C[C@H](C)[C@H]5O[C@@]6(CC[C@H]5C)OCCC[C@H]6C)C(C)[C@@H](O)[C@@H]4O3)O2)C1. The zero-order valence-electron chi connectivity index (χ0n) is 36.1. The van der Waals surface area contributed by atoms with E-state index in [1.807, 2.05) is 19.9 Å². The standard InChI is InChI=1S/C45H74O13/c1-25-21-35(56-45(23-25)36(47)13-12-32(55-45)24-42(7,51)41(49)50)26(2)10-11-31-15-17-43(54-31)18-16-34-40(57-43)37(48)30(6)39(53-34)33(46)22-28(4)38-27(3)14-19-44(58-38)29(5)9-8-20-52-44/h23,26-40,46-48,51H,8-22,24H2,1-7H3,(H,49,50)/t26-,27-,28+,29-,30?,31+,32+,33+,34-,35+,36-,37-,38+,39+,40-,42-,43-,44-,45-/m1/s1. The van der Waals surface area contributed by atoms with E-state index in [1.165, 1.54) is 6.92 Å². The summed E-state index contributed by atoms with van der Waals surface area (Å²) in [5.74, 6) is -3.45. The van der Waals surface area contributed by atoms with Crippen molar-refractivity contribution in [2.24, 2.45) is 29.6 Å². The summed E-state index contributed by atoms with van der Waals surface area (Å²) in [5, 5.41) is 54.3. The zero-order valence-corrected chi connectivity index (χ0v) is 36.1. The normalized spacial score (nSPS) is 47.3. The summed E-state index contributed by atoms with van der Waals surface area (Å²) < 4.78 is 46.0. The molecule has 0 bridgehead atoms. The lowest BCUT2D eigenvalue weighted by molar-refractivity contribution is -0.342. The summed E-state index contributed by atoms with van der Waals surface area (Å²) in [7, 11) is 0. The monoisotopic (exact) mass is 823 g/mol. The minimum Gasteiger partial charge on any atom is -0.479 e. The van der Waals surface area contributed by atoms with Crippen molar-refractivity contribution in [1.82, 2.24) is 0 Å². The number of rotatable bonds is 11. The smallest absolute Gasteiger partial charge is 0.335 e. The van der Waals surface area contributed by atoms with E-state index < -0.39 is 65.6 Å². The molecular weight excluding hydrogens is 748 g/mol. The van der Waals surface area contributed by atoms with Crippen LogP contribution >= 0.6 is 0 Å². The van der Waals surface area contributed by atoms with Crippen LogP contribution in [0.1, 0.15) is 145 Å². The highest BCUT2D eigenvalue weighted by Gasteiger charge is 2.56. The molecule has 0 aromatic rings. The van der Waals surface area contributed by atoms with Gasteiger partial charge in [-0.2, -0.15) is 0 Å². The number of carboxylic acids is 1. The molecule has 7 heterocycles. The Morgan fingerprint density at radius 3 is 2.41 bits per heavy atom. The van der Waals surface area contributed by atoms with Gasteiger partial charge in [0.25, 0.3) is 0 Å². The van der Waals surface area contributed by atoms with Crippen LogP contribution in [0.3, 0.4) is 0 Å². The zero-order chi connectivity index (χ0) is 41.8. The molecule has 6 saturated heterocycles. The van der Waals surface area contributed by atoms with Crippen LogP contribution in [-0.2, 0) is 38.0 Å². The molecule has 6 fully saturated rings. The van der Waals surface area contributed by atoms with Crippen LogP contribution in [0.2, 0.25) is 0 Å². The fourth-order valence-corrected chi connectivity index (χ4v) is 11.5. The van der Waals surface area contributed by atoms with Gasteiger partial charge in [-0.25, -0.2) is 4.79 Å². The second-order valence-electron chi connectivity index (χ2n) is 20.1. The highest BCUT2D eigenvalue weighted by molar-refractivity contribution is 5.76. The number of aliphatic hydroxyl groups is 4. The lowest BCUT2D eigenvalue weighted by Crippen LogP contribution is -2.62. The summed E-state index contributed by atoms with van der Waals surface area (Å²) in [4.78, 5) is 11.6. The van der Waals surface area contributed by atoms with Crippen molar-refractivity contribution in [2.75, 3.05) is 6.61 Å². The summed E-state index contributed by atoms with van der Waals surface area (Å²) >= 11 is 0. The van der Waals surface area contributed by atoms with Gasteiger partial charge in [0, 0.05) is 37.5 Å². The maximum absolute atomic E-state index is 11.7. The van der Waals surface area contributed by atoms with Crippen molar-refractivity contribution in [1.29, 1.82) is 0 Å². The molecule has 1 unspecified atom stereocenters. The third-order valence-corrected chi connectivity index (χ3v) is 15.3. The van der Waals surface area contributed by atoms with E-state index in [1.54, 1.807) is 0 Å². The number of aliphatic carboxylic acids is 1. The third kappa shape index (κ3) is 9.12. The molecule has 58 heavy (non-hydrogen) atoms. The number of carbonyl (C=O) groups is 1. The lowest BCUT2D eigenvalue weighted by Gasteiger charge is -2.52. The Bertz CT molecular complexity index is 1450. The van der Waals surface area contributed by atoms with Crippen molar-refractivity contribution in [3.8, 4) is 0 Å². The molecule has 332 valence electrons. The summed E-state index contributed by atoms with van der Waals surface area (Å²) in [5.41, 5.74) is -0.914. The van der Waals surface area contributed by atoms with Crippen molar-refractivity contribution >= 4 is 5.97 Å².